The standard InChI is InChI=1S/C23H26/c1-15-9-5-6-10-17(15)19-14-20-18-11-7-8-12-21(18)23(3,4)22(20)13-16(19)2/h5-6,9-13,20H,7-8,14H2,1-4H3. The van der Waals surface area contributed by atoms with Gasteiger partial charge in [0.25, 0.3) is 0 Å². The first-order valence-electron chi connectivity index (χ1n) is 8.89. The maximum atomic E-state index is 2.51. The third kappa shape index (κ3) is 2.11. The SMILES string of the molecule is CC1=C(c2ccccc2C)CC2C3=CCCC=C3C(C)(C)C2=C1. The zero-order valence-corrected chi connectivity index (χ0v) is 14.7. The van der Waals surface area contributed by atoms with Crippen LogP contribution >= 0.6 is 0 Å². The summed E-state index contributed by atoms with van der Waals surface area (Å²) in [4.78, 5) is 0. The van der Waals surface area contributed by atoms with Crippen LogP contribution in [-0.2, 0) is 0 Å². The van der Waals surface area contributed by atoms with Gasteiger partial charge in [-0.3, -0.25) is 0 Å². The van der Waals surface area contributed by atoms with Gasteiger partial charge in [0, 0.05) is 11.3 Å². The normalized spacial score (nSPS) is 25.4. The van der Waals surface area contributed by atoms with E-state index in [1.165, 1.54) is 29.5 Å². The number of fused-ring (bicyclic) bond motifs is 3. The fourth-order valence-electron chi connectivity index (χ4n) is 4.82. The lowest BCUT2D eigenvalue weighted by atomic mass is 9.75. The maximum absolute atomic E-state index is 2.51. The lowest BCUT2D eigenvalue weighted by Crippen LogP contribution is -2.16. The molecule has 1 aromatic rings. The molecule has 0 radical (unpaired) electrons. The predicted molar refractivity (Wildman–Crippen MR) is 99.1 cm³/mol. The summed E-state index contributed by atoms with van der Waals surface area (Å²) in [6.45, 7) is 9.36. The Hall–Kier alpha value is -1.82. The van der Waals surface area contributed by atoms with Crippen LogP contribution in [0.5, 0.6) is 0 Å². The van der Waals surface area contributed by atoms with Gasteiger partial charge in [-0.2, -0.15) is 0 Å². The van der Waals surface area contributed by atoms with Crippen LogP contribution in [0.4, 0.5) is 0 Å². The van der Waals surface area contributed by atoms with Crippen LogP contribution in [0.1, 0.15) is 51.2 Å². The van der Waals surface area contributed by atoms with Crippen LogP contribution in [-0.4, -0.2) is 0 Å². The van der Waals surface area contributed by atoms with E-state index in [-0.39, 0.29) is 5.41 Å². The molecule has 0 N–H and O–H groups in total. The molecule has 1 fully saturated rings. The van der Waals surface area contributed by atoms with Gasteiger partial charge in [-0.15, -0.1) is 0 Å². The highest BCUT2D eigenvalue weighted by molar-refractivity contribution is 5.77. The van der Waals surface area contributed by atoms with Gasteiger partial charge in [0.2, 0.25) is 0 Å². The summed E-state index contributed by atoms with van der Waals surface area (Å²) in [7, 11) is 0. The Bertz CT molecular complexity index is 793. The quantitative estimate of drug-likeness (QED) is 0.563. The third-order valence-electron chi connectivity index (χ3n) is 6.06. The summed E-state index contributed by atoms with van der Waals surface area (Å²) in [6, 6.07) is 8.84. The number of allylic oxidation sites excluding steroid dienone is 8. The Morgan fingerprint density at radius 3 is 2.52 bits per heavy atom. The molecule has 0 aromatic heterocycles. The minimum atomic E-state index is 0.204. The van der Waals surface area contributed by atoms with E-state index in [4.69, 9.17) is 0 Å². The number of hydrogen-bond donors (Lipinski definition) is 0. The first-order valence-corrected chi connectivity index (χ1v) is 8.89. The Morgan fingerprint density at radius 2 is 1.74 bits per heavy atom. The smallest absolute Gasteiger partial charge is 0.0114 e. The van der Waals surface area contributed by atoms with Gasteiger partial charge in [0.15, 0.2) is 0 Å². The van der Waals surface area contributed by atoms with Crippen molar-refractivity contribution < 1.29 is 0 Å². The highest BCUT2D eigenvalue weighted by Gasteiger charge is 2.45. The van der Waals surface area contributed by atoms with Crippen molar-refractivity contribution in [1.82, 2.24) is 0 Å². The molecule has 0 heteroatoms. The van der Waals surface area contributed by atoms with Crippen molar-refractivity contribution in [2.45, 2.75) is 47.0 Å². The second kappa shape index (κ2) is 5.09. The average molecular weight is 302 g/mol. The number of benzene rings is 1. The summed E-state index contributed by atoms with van der Waals surface area (Å²) in [5.41, 5.74) is 10.9. The van der Waals surface area contributed by atoms with Crippen molar-refractivity contribution in [2.24, 2.45) is 11.3 Å². The molecular weight excluding hydrogens is 276 g/mol. The van der Waals surface area contributed by atoms with Crippen molar-refractivity contribution in [2.75, 3.05) is 0 Å². The lowest BCUT2D eigenvalue weighted by Gasteiger charge is -2.29. The molecule has 0 nitrogen and oxygen atoms in total. The molecular formula is C23H26. The van der Waals surface area contributed by atoms with Crippen molar-refractivity contribution in [1.29, 1.82) is 0 Å². The van der Waals surface area contributed by atoms with Crippen molar-refractivity contribution in [3.8, 4) is 0 Å². The van der Waals surface area contributed by atoms with Gasteiger partial charge in [0.05, 0.1) is 0 Å². The van der Waals surface area contributed by atoms with E-state index in [9.17, 15) is 0 Å². The van der Waals surface area contributed by atoms with Gasteiger partial charge < -0.3 is 0 Å². The van der Waals surface area contributed by atoms with E-state index in [0.29, 0.717) is 5.92 Å². The molecule has 0 heterocycles. The summed E-state index contributed by atoms with van der Waals surface area (Å²) in [5, 5.41) is 0. The van der Waals surface area contributed by atoms with E-state index >= 15 is 0 Å². The lowest BCUT2D eigenvalue weighted by molar-refractivity contribution is 0.543. The van der Waals surface area contributed by atoms with Crippen LogP contribution in [0.15, 0.2) is 64.8 Å². The second-order valence-corrected chi connectivity index (χ2v) is 7.81. The number of rotatable bonds is 1. The number of hydrogen-bond acceptors (Lipinski definition) is 0. The molecule has 4 rings (SSSR count). The Labute approximate surface area is 140 Å². The first-order chi connectivity index (χ1) is 11.0. The monoisotopic (exact) mass is 302 g/mol. The van der Waals surface area contributed by atoms with Crippen LogP contribution in [0.25, 0.3) is 5.57 Å². The molecule has 0 amide bonds. The highest BCUT2D eigenvalue weighted by atomic mass is 14.5. The van der Waals surface area contributed by atoms with Crippen LogP contribution in [0.3, 0.4) is 0 Å². The molecule has 23 heavy (non-hydrogen) atoms. The molecule has 0 bridgehead atoms. The van der Waals surface area contributed by atoms with Crippen molar-refractivity contribution >= 4 is 5.57 Å². The van der Waals surface area contributed by atoms with E-state index in [2.05, 4.69) is 70.2 Å². The molecule has 118 valence electrons. The molecule has 3 aliphatic rings. The molecule has 0 saturated heterocycles. The van der Waals surface area contributed by atoms with Crippen LogP contribution in [0, 0.1) is 18.3 Å². The average Bonchev–Trinajstić information content (AvgIpc) is 2.76. The Balaban J connectivity index is 1.85. The maximum Gasteiger partial charge on any atom is 0.0114 e. The van der Waals surface area contributed by atoms with Gasteiger partial charge in [0.1, 0.15) is 0 Å². The van der Waals surface area contributed by atoms with Crippen LogP contribution in [0.2, 0.25) is 0 Å². The van der Waals surface area contributed by atoms with Gasteiger partial charge in [-0.25, -0.2) is 0 Å². The van der Waals surface area contributed by atoms with Gasteiger partial charge in [-0.05, 0) is 66.5 Å². The minimum absolute atomic E-state index is 0.204. The minimum Gasteiger partial charge on any atom is -0.0801 e. The van der Waals surface area contributed by atoms with E-state index in [1.807, 2.05) is 0 Å². The Kier molecular flexibility index (Phi) is 3.27. The first kappa shape index (κ1) is 14.8. The molecule has 3 aliphatic carbocycles. The molecule has 1 unspecified atom stereocenters. The largest absolute Gasteiger partial charge is 0.0801 e. The molecule has 1 atom stereocenters. The summed E-state index contributed by atoms with van der Waals surface area (Å²) in [6.07, 6.45) is 11.1. The molecule has 0 spiro atoms. The van der Waals surface area contributed by atoms with Crippen molar-refractivity contribution in [3.05, 3.63) is 75.9 Å². The zero-order valence-electron chi connectivity index (χ0n) is 14.7. The summed E-state index contributed by atoms with van der Waals surface area (Å²) < 4.78 is 0. The molecule has 1 saturated carbocycles. The molecule has 1 aromatic carbocycles. The fourth-order valence-corrected chi connectivity index (χ4v) is 4.82. The Morgan fingerprint density at radius 1 is 1.00 bits per heavy atom. The van der Waals surface area contributed by atoms with Gasteiger partial charge >= 0.3 is 0 Å². The third-order valence-corrected chi connectivity index (χ3v) is 6.06. The zero-order chi connectivity index (χ0) is 16.2. The predicted octanol–water partition coefficient (Wildman–Crippen LogP) is 6.40. The summed E-state index contributed by atoms with van der Waals surface area (Å²) >= 11 is 0. The fraction of sp³-hybridized carbons (Fsp3) is 0.391. The highest BCUT2D eigenvalue weighted by Crippen LogP contribution is 2.59. The second-order valence-electron chi connectivity index (χ2n) is 7.81. The molecule has 0 aliphatic heterocycles. The van der Waals surface area contributed by atoms with E-state index < -0.39 is 0 Å². The number of aryl methyl sites for hydroxylation is 1. The topological polar surface area (TPSA) is 0 Å². The summed E-state index contributed by atoms with van der Waals surface area (Å²) in [5.74, 6) is 0.592. The van der Waals surface area contributed by atoms with Crippen molar-refractivity contribution in [3.63, 3.8) is 0 Å². The van der Waals surface area contributed by atoms with Gasteiger partial charge in [-0.1, -0.05) is 61.9 Å². The van der Waals surface area contributed by atoms with Crippen LogP contribution < -0.4 is 0 Å². The van der Waals surface area contributed by atoms with E-state index in [1.54, 1.807) is 22.3 Å². The van der Waals surface area contributed by atoms with E-state index in [0.717, 1.165) is 6.42 Å².